The third kappa shape index (κ3) is 4.56. The van der Waals surface area contributed by atoms with Gasteiger partial charge in [-0.1, -0.05) is 12.1 Å². The summed E-state index contributed by atoms with van der Waals surface area (Å²) in [7, 11) is 1.53. The van der Waals surface area contributed by atoms with Crippen molar-refractivity contribution in [2.45, 2.75) is 6.18 Å². The molecule has 0 spiro atoms. The number of hydrogen-bond donors (Lipinski definition) is 2. The van der Waals surface area contributed by atoms with Gasteiger partial charge < -0.3 is 15.4 Å². The number of ether oxygens (including phenoxy) is 1. The molecule has 2 aromatic carbocycles. The number of nitrogens with one attached hydrogen (secondary N) is 2. The normalized spacial score (nSPS) is 11.0. The van der Waals surface area contributed by atoms with Gasteiger partial charge in [0.15, 0.2) is 0 Å². The molecule has 1 amide bonds. The summed E-state index contributed by atoms with van der Waals surface area (Å²) in [6.07, 6.45) is -3.25. The molecule has 0 radical (unpaired) electrons. The van der Waals surface area contributed by atoms with Gasteiger partial charge in [-0.3, -0.25) is 4.79 Å². The van der Waals surface area contributed by atoms with E-state index in [9.17, 15) is 18.0 Å². The molecule has 9 heteroatoms. The molecule has 0 unspecified atom stereocenters. The first-order valence-corrected chi connectivity index (χ1v) is 8.08. The van der Waals surface area contributed by atoms with Crippen molar-refractivity contribution >= 4 is 23.2 Å². The molecule has 0 fully saturated rings. The second-order valence-corrected chi connectivity index (χ2v) is 5.62. The highest BCUT2D eigenvalue weighted by Crippen LogP contribution is 2.35. The number of methoxy groups -OCH3 is 1. The first-order chi connectivity index (χ1) is 13.4. The Morgan fingerprint density at radius 3 is 2.43 bits per heavy atom. The van der Waals surface area contributed by atoms with Gasteiger partial charge in [-0.05, 0) is 42.5 Å². The van der Waals surface area contributed by atoms with Gasteiger partial charge in [-0.2, -0.15) is 13.2 Å². The molecule has 144 valence electrons. The minimum absolute atomic E-state index is 0.00203. The molecule has 0 aliphatic heterocycles. The second kappa shape index (κ2) is 7.95. The number of para-hydroxylation sites is 1. The largest absolute Gasteiger partial charge is 0.497 e. The van der Waals surface area contributed by atoms with E-state index in [1.54, 1.807) is 24.3 Å². The number of anilines is 3. The minimum atomic E-state index is -4.53. The van der Waals surface area contributed by atoms with E-state index in [0.29, 0.717) is 11.4 Å². The summed E-state index contributed by atoms with van der Waals surface area (Å²) < 4.78 is 44.3. The van der Waals surface area contributed by atoms with Crippen molar-refractivity contribution in [2.75, 3.05) is 17.7 Å². The summed E-state index contributed by atoms with van der Waals surface area (Å²) in [5, 5.41) is 5.16. The number of rotatable bonds is 5. The minimum Gasteiger partial charge on any atom is -0.497 e. The van der Waals surface area contributed by atoms with Crippen molar-refractivity contribution in [3.05, 3.63) is 72.1 Å². The van der Waals surface area contributed by atoms with E-state index in [-0.39, 0.29) is 17.3 Å². The van der Waals surface area contributed by atoms with Crippen LogP contribution in [0, 0.1) is 0 Å². The Morgan fingerprint density at radius 1 is 1.04 bits per heavy atom. The third-order valence-corrected chi connectivity index (χ3v) is 3.72. The first-order valence-electron chi connectivity index (χ1n) is 8.08. The predicted molar refractivity (Wildman–Crippen MR) is 97.7 cm³/mol. The van der Waals surface area contributed by atoms with Gasteiger partial charge in [0, 0.05) is 11.9 Å². The Hall–Kier alpha value is -3.62. The molecule has 2 N–H and O–H groups in total. The van der Waals surface area contributed by atoms with E-state index in [2.05, 4.69) is 20.6 Å². The van der Waals surface area contributed by atoms with Crippen LogP contribution in [0.5, 0.6) is 5.75 Å². The zero-order valence-corrected chi connectivity index (χ0v) is 14.6. The Bertz CT molecular complexity index is 975. The number of nitrogens with zero attached hydrogens (tertiary/aromatic N) is 2. The van der Waals surface area contributed by atoms with Crippen LogP contribution in [-0.4, -0.2) is 23.0 Å². The maximum absolute atomic E-state index is 13.1. The van der Waals surface area contributed by atoms with Gasteiger partial charge in [0.2, 0.25) is 5.95 Å². The van der Waals surface area contributed by atoms with Crippen molar-refractivity contribution in [3.8, 4) is 5.75 Å². The lowest BCUT2D eigenvalue weighted by atomic mass is 10.1. The smallest absolute Gasteiger partial charge is 0.418 e. The molecular formula is C19H15F3N4O2. The van der Waals surface area contributed by atoms with Crippen molar-refractivity contribution in [1.82, 2.24) is 9.97 Å². The predicted octanol–water partition coefficient (Wildman–Crippen LogP) is 4.50. The number of hydrogen-bond acceptors (Lipinski definition) is 5. The Balaban J connectivity index is 1.78. The van der Waals surface area contributed by atoms with Gasteiger partial charge >= 0.3 is 6.18 Å². The summed E-state index contributed by atoms with van der Waals surface area (Å²) in [4.78, 5) is 20.2. The fraction of sp³-hybridized carbons (Fsp3) is 0.105. The average Bonchev–Trinajstić information content (AvgIpc) is 2.68. The lowest BCUT2D eigenvalue weighted by molar-refractivity contribution is -0.136. The molecule has 6 nitrogen and oxygen atoms in total. The van der Waals surface area contributed by atoms with Crippen LogP contribution in [0.25, 0.3) is 0 Å². The molecule has 0 aliphatic carbocycles. The lowest BCUT2D eigenvalue weighted by Crippen LogP contribution is -2.15. The monoisotopic (exact) mass is 388 g/mol. The fourth-order valence-corrected chi connectivity index (χ4v) is 2.37. The van der Waals surface area contributed by atoms with Crippen LogP contribution >= 0.6 is 0 Å². The van der Waals surface area contributed by atoms with Crippen molar-refractivity contribution in [3.63, 3.8) is 0 Å². The maximum atomic E-state index is 13.1. The molecule has 3 aromatic rings. The van der Waals surface area contributed by atoms with Crippen molar-refractivity contribution in [2.24, 2.45) is 0 Å². The standard InChI is InChI=1S/C19H15F3N4O2/c1-28-13-8-6-12(7-9-13)24-17(27)16-10-11-23-18(26-16)25-15-5-3-2-4-14(15)19(20,21)22/h2-11H,1H3,(H,24,27)(H,23,25,26). The van der Waals surface area contributed by atoms with Crippen LogP contribution in [0.2, 0.25) is 0 Å². The van der Waals surface area contributed by atoms with Crippen LogP contribution in [-0.2, 0) is 6.18 Å². The quantitative estimate of drug-likeness (QED) is 0.673. The Kier molecular flexibility index (Phi) is 5.44. The number of halogens is 3. The number of alkyl halides is 3. The number of carbonyl (C=O) groups is 1. The Morgan fingerprint density at radius 2 is 1.75 bits per heavy atom. The van der Waals surface area contributed by atoms with E-state index in [4.69, 9.17) is 4.74 Å². The van der Waals surface area contributed by atoms with Gasteiger partial charge in [-0.15, -0.1) is 0 Å². The van der Waals surface area contributed by atoms with Crippen LogP contribution < -0.4 is 15.4 Å². The van der Waals surface area contributed by atoms with E-state index >= 15 is 0 Å². The summed E-state index contributed by atoms with van der Waals surface area (Å²) in [5.74, 6) is -0.0198. The zero-order valence-electron chi connectivity index (χ0n) is 14.6. The fourth-order valence-electron chi connectivity index (χ4n) is 2.37. The molecule has 3 rings (SSSR count). The number of benzene rings is 2. The molecule has 0 atom stereocenters. The van der Waals surface area contributed by atoms with E-state index < -0.39 is 17.6 Å². The van der Waals surface area contributed by atoms with Crippen LogP contribution in [0.15, 0.2) is 60.8 Å². The van der Waals surface area contributed by atoms with Gasteiger partial charge in [0.05, 0.1) is 18.4 Å². The molecule has 0 bridgehead atoms. The number of amides is 1. The van der Waals surface area contributed by atoms with Gasteiger partial charge in [-0.25, -0.2) is 9.97 Å². The number of aromatic nitrogens is 2. The first kappa shape index (κ1) is 19.2. The SMILES string of the molecule is COc1ccc(NC(=O)c2ccnc(Nc3ccccc3C(F)(F)F)n2)cc1. The summed E-state index contributed by atoms with van der Waals surface area (Å²) >= 11 is 0. The molecule has 0 aliphatic rings. The van der Waals surface area contributed by atoms with Gasteiger partial charge in [0.1, 0.15) is 11.4 Å². The topological polar surface area (TPSA) is 76.1 Å². The lowest BCUT2D eigenvalue weighted by Gasteiger charge is -2.13. The zero-order chi connectivity index (χ0) is 20.1. The number of carbonyl (C=O) groups excluding carboxylic acids is 1. The highest BCUT2D eigenvalue weighted by atomic mass is 19.4. The van der Waals surface area contributed by atoms with Crippen molar-refractivity contribution < 1.29 is 22.7 Å². The Labute approximate surface area is 158 Å². The molecule has 28 heavy (non-hydrogen) atoms. The van der Waals surface area contributed by atoms with Crippen LogP contribution in [0.3, 0.4) is 0 Å². The molecule has 0 saturated heterocycles. The van der Waals surface area contributed by atoms with E-state index in [1.807, 2.05) is 0 Å². The second-order valence-electron chi connectivity index (χ2n) is 5.62. The van der Waals surface area contributed by atoms with Crippen LogP contribution in [0.1, 0.15) is 16.1 Å². The molecule has 0 saturated carbocycles. The average molecular weight is 388 g/mol. The summed E-state index contributed by atoms with van der Waals surface area (Å²) in [6, 6.07) is 13.0. The highest BCUT2D eigenvalue weighted by molar-refractivity contribution is 6.03. The van der Waals surface area contributed by atoms with Crippen LogP contribution in [0.4, 0.5) is 30.5 Å². The molecular weight excluding hydrogens is 373 g/mol. The maximum Gasteiger partial charge on any atom is 0.418 e. The molecule has 1 heterocycles. The van der Waals surface area contributed by atoms with Gasteiger partial charge in [0.25, 0.3) is 5.91 Å². The van der Waals surface area contributed by atoms with E-state index in [1.165, 1.54) is 37.6 Å². The molecule has 1 aromatic heterocycles. The third-order valence-electron chi connectivity index (χ3n) is 3.72. The highest BCUT2D eigenvalue weighted by Gasteiger charge is 2.33. The summed E-state index contributed by atoms with van der Waals surface area (Å²) in [6.45, 7) is 0. The summed E-state index contributed by atoms with van der Waals surface area (Å²) in [5.41, 5.74) is -0.548. The van der Waals surface area contributed by atoms with E-state index in [0.717, 1.165) is 6.07 Å². The van der Waals surface area contributed by atoms with Crippen molar-refractivity contribution in [1.29, 1.82) is 0 Å².